The van der Waals surface area contributed by atoms with Gasteiger partial charge in [0.1, 0.15) is 11.6 Å². The van der Waals surface area contributed by atoms with Crippen molar-refractivity contribution in [1.29, 1.82) is 0 Å². The molecular formula is C15H11BrClFN2. The number of hydrogen-bond donors (Lipinski definition) is 0. The van der Waals surface area contributed by atoms with Gasteiger partial charge in [-0.25, -0.2) is 9.37 Å². The highest BCUT2D eigenvalue weighted by atomic mass is 79.9. The van der Waals surface area contributed by atoms with Crippen LogP contribution in [0.1, 0.15) is 11.4 Å². The van der Waals surface area contributed by atoms with Crippen LogP contribution in [-0.2, 0) is 12.4 Å². The fraction of sp³-hybridized carbons (Fsp3) is 0.133. The van der Waals surface area contributed by atoms with Crippen molar-refractivity contribution in [3.8, 4) is 0 Å². The largest absolute Gasteiger partial charge is 0.322 e. The van der Waals surface area contributed by atoms with E-state index in [4.69, 9.17) is 11.6 Å². The summed E-state index contributed by atoms with van der Waals surface area (Å²) in [6, 6.07) is 12.4. The van der Waals surface area contributed by atoms with Crippen LogP contribution in [0.2, 0.25) is 0 Å². The first-order valence-electron chi connectivity index (χ1n) is 6.12. The number of alkyl halides is 1. The topological polar surface area (TPSA) is 17.8 Å². The molecule has 2 aromatic carbocycles. The third-order valence-electron chi connectivity index (χ3n) is 3.16. The lowest BCUT2D eigenvalue weighted by Crippen LogP contribution is -2.03. The molecule has 0 unspecified atom stereocenters. The molecule has 5 heteroatoms. The molecule has 0 saturated heterocycles. The van der Waals surface area contributed by atoms with Crippen LogP contribution >= 0.6 is 27.5 Å². The quantitative estimate of drug-likeness (QED) is 0.623. The average molecular weight is 354 g/mol. The second-order valence-electron chi connectivity index (χ2n) is 4.51. The van der Waals surface area contributed by atoms with Crippen molar-refractivity contribution in [3.63, 3.8) is 0 Å². The van der Waals surface area contributed by atoms with Crippen molar-refractivity contribution in [3.05, 3.63) is 64.1 Å². The molecule has 0 bridgehead atoms. The number of benzene rings is 2. The van der Waals surface area contributed by atoms with Crippen LogP contribution in [-0.4, -0.2) is 9.55 Å². The Bertz CT molecular complexity index is 752. The summed E-state index contributed by atoms with van der Waals surface area (Å²) in [4.78, 5) is 4.52. The van der Waals surface area contributed by atoms with Crippen LogP contribution in [0.4, 0.5) is 4.39 Å². The van der Waals surface area contributed by atoms with E-state index in [1.54, 1.807) is 12.1 Å². The first-order valence-corrected chi connectivity index (χ1v) is 7.45. The molecule has 0 aliphatic heterocycles. The van der Waals surface area contributed by atoms with Gasteiger partial charge in [-0.15, -0.1) is 11.6 Å². The minimum absolute atomic E-state index is 0.232. The zero-order valence-electron chi connectivity index (χ0n) is 10.5. The lowest BCUT2D eigenvalue weighted by atomic mass is 10.2. The molecule has 0 fully saturated rings. The molecule has 20 heavy (non-hydrogen) atoms. The summed E-state index contributed by atoms with van der Waals surface area (Å²) in [6.45, 7) is 0.620. The zero-order valence-corrected chi connectivity index (χ0v) is 12.8. The Balaban J connectivity index is 2.08. The van der Waals surface area contributed by atoms with Gasteiger partial charge in [0.05, 0.1) is 16.9 Å². The fourth-order valence-corrected chi connectivity index (χ4v) is 2.75. The van der Waals surface area contributed by atoms with E-state index in [9.17, 15) is 4.39 Å². The summed E-state index contributed by atoms with van der Waals surface area (Å²) >= 11 is 9.45. The minimum Gasteiger partial charge on any atom is -0.322 e. The highest BCUT2D eigenvalue weighted by Crippen LogP contribution is 2.23. The van der Waals surface area contributed by atoms with Gasteiger partial charge in [-0.3, -0.25) is 0 Å². The first kappa shape index (κ1) is 13.6. The molecule has 0 amide bonds. The summed E-state index contributed by atoms with van der Waals surface area (Å²) in [6.07, 6.45) is 0. The van der Waals surface area contributed by atoms with Crippen molar-refractivity contribution in [1.82, 2.24) is 9.55 Å². The van der Waals surface area contributed by atoms with E-state index in [0.29, 0.717) is 12.4 Å². The van der Waals surface area contributed by atoms with E-state index < -0.39 is 0 Å². The molecule has 3 rings (SSSR count). The van der Waals surface area contributed by atoms with Crippen LogP contribution in [0.15, 0.2) is 46.9 Å². The lowest BCUT2D eigenvalue weighted by molar-refractivity contribution is 0.626. The van der Waals surface area contributed by atoms with Crippen molar-refractivity contribution in [2.24, 2.45) is 0 Å². The molecule has 102 valence electrons. The van der Waals surface area contributed by atoms with Gasteiger partial charge in [-0.1, -0.05) is 28.1 Å². The molecule has 3 aromatic rings. The molecule has 0 saturated carbocycles. The van der Waals surface area contributed by atoms with Gasteiger partial charge < -0.3 is 4.57 Å². The summed E-state index contributed by atoms with van der Waals surface area (Å²) < 4.78 is 16.0. The first-order chi connectivity index (χ1) is 9.67. The van der Waals surface area contributed by atoms with Gasteiger partial charge >= 0.3 is 0 Å². The van der Waals surface area contributed by atoms with E-state index in [-0.39, 0.29) is 5.82 Å². The predicted octanol–water partition coefficient (Wildman–Crippen LogP) is 4.73. The summed E-state index contributed by atoms with van der Waals surface area (Å²) in [7, 11) is 0. The van der Waals surface area contributed by atoms with Gasteiger partial charge in [-0.05, 0) is 35.9 Å². The molecule has 0 atom stereocenters. The summed E-state index contributed by atoms with van der Waals surface area (Å²) in [5, 5.41) is 0. The maximum absolute atomic E-state index is 13.0. The molecule has 2 nitrogen and oxygen atoms in total. The number of rotatable bonds is 3. The standard InChI is InChI=1S/C15H11BrClFN2/c16-11-3-6-13-14(7-11)20(15(8-17)19-13)9-10-1-4-12(18)5-2-10/h1-7H,8-9H2. The molecule has 1 heterocycles. The number of imidazole rings is 1. The van der Waals surface area contributed by atoms with Crippen LogP contribution in [0, 0.1) is 5.82 Å². The highest BCUT2D eigenvalue weighted by Gasteiger charge is 2.10. The SMILES string of the molecule is Fc1ccc(Cn2c(CCl)nc3ccc(Br)cc32)cc1. The van der Waals surface area contributed by atoms with Crippen molar-refractivity contribution in [2.45, 2.75) is 12.4 Å². The van der Waals surface area contributed by atoms with Gasteiger partial charge in [-0.2, -0.15) is 0 Å². The van der Waals surface area contributed by atoms with E-state index in [2.05, 4.69) is 25.5 Å². The Morgan fingerprint density at radius 3 is 2.60 bits per heavy atom. The van der Waals surface area contributed by atoms with Gasteiger partial charge in [0.2, 0.25) is 0 Å². The lowest BCUT2D eigenvalue weighted by Gasteiger charge is -2.08. The van der Waals surface area contributed by atoms with E-state index >= 15 is 0 Å². The number of fused-ring (bicyclic) bond motifs is 1. The molecule has 0 radical (unpaired) electrons. The monoisotopic (exact) mass is 352 g/mol. The number of hydrogen-bond acceptors (Lipinski definition) is 1. The number of aromatic nitrogens is 2. The van der Waals surface area contributed by atoms with Crippen LogP contribution < -0.4 is 0 Å². The Morgan fingerprint density at radius 1 is 1.15 bits per heavy atom. The van der Waals surface area contributed by atoms with Crippen molar-refractivity contribution >= 4 is 38.6 Å². The Labute approximate surface area is 129 Å². The second kappa shape index (κ2) is 5.54. The summed E-state index contributed by atoms with van der Waals surface area (Å²) in [5.74, 6) is 0.918. The Morgan fingerprint density at radius 2 is 1.90 bits per heavy atom. The van der Waals surface area contributed by atoms with Gasteiger partial charge in [0.15, 0.2) is 0 Å². The zero-order chi connectivity index (χ0) is 14.1. The molecule has 0 aliphatic carbocycles. The predicted molar refractivity (Wildman–Crippen MR) is 82.5 cm³/mol. The van der Waals surface area contributed by atoms with Gasteiger partial charge in [0.25, 0.3) is 0 Å². The number of nitrogens with zero attached hydrogens (tertiary/aromatic N) is 2. The Hall–Kier alpha value is -1.39. The summed E-state index contributed by atoms with van der Waals surface area (Å²) in [5.41, 5.74) is 2.93. The van der Waals surface area contributed by atoms with Crippen LogP contribution in [0.3, 0.4) is 0 Å². The van der Waals surface area contributed by atoms with Gasteiger partial charge in [0, 0.05) is 11.0 Å². The van der Waals surface area contributed by atoms with E-state index in [0.717, 1.165) is 26.9 Å². The van der Waals surface area contributed by atoms with Crippen molar-refractivity contribution in [2.75, 3.05) is 0 Å². The molecule has 1 aromatic heterocycles. The highest BCUT2D eigenvalue weighted by molar-refractivity contribution is 9.10. The molecule has 0 spiro atoms. The smallest absolute Gasteiger partial charge is 0.125 e. The maximum atomic E-state index is 13.0. The number of halogens is 3. The normalized spacial score (nSPS) is 11.2. The third-order valence-corrected chi connectivity index (χ3v) is 3.90. The average Bonchev–Trinajstić information content (AvgIpc) is 2.79. The minimum atomic E-state index is -0.232. The molecule has 0 aliphatic rings. The molecule has 0 N–H and O–H groups in total. The van der Waals surface area contributed by atoms with Crippen LogP contribution in [0.25, 0.3) is 11.0 Å². The van der Waals surface area contributed by atoms with Crippen molar-refractivity contribution < 1.29 is 4.39 Å². The second-order valence-corrected chi connectivity index (χ2v) is 5.69. The maximum Gasteiger partial charge on any atom is 0.125 e. The molecular weight excluding hydrogens is 343 g/mol. The third kappa shape index (κ3) is 2.58. The van der Waals surface area contributed by atoms with E-state index in [1.165, 1.54) is 12.1 Å². The Kier molecular flexibility index (Phi) is 3.76. The van der Waals surface area contributed by atoms with Crippen LogP contribution in [0.5, 0.6) is 0 Å². The van der Waals surface area contributed by atoms with E-state index in [1.807, 2.05) is 18.2 Å². The fourth-order valence-electron chi connectivity index (χ4n) is 2.20.